The van der Waals surface area contributed by atoms with Crippen molar-refractivity contribution in [2.24, 2.45) is 0 Å². The minimum absolute atomic E-state index is 0.185. The fraction of sp³-hybridized carbons (Fsp3) is 0.133. The third-order valence-electron chi connectivity index (χ3n) is 2.72. The van der Waals surface area contributed by atoms with Crippen LogP contribution in [0.5, 0.6) is 0 Å². The Morgan fingerprint density at radius 2 is 1.95 bits per heavy atom. The van der Waals surface area contributed by atoms with Gasteiger partial charge in [-0.1, -0.05) is 41.9 Å². The second kappa shape index (κ2) is 5.85. The summed E-state index contributed by atoms with van der Waals surface area (Å²) in [6, 6.07) is 12.1. The molecule has 0 fully saturated rings. The van der Waals surface area contributed by atoms with Crippen LogP contribution in [-0.4, -0.2) is 5.91 Å². The number of carbonyl (C=O) groups is 1. The number of rotatable bonds is 3. The number of hydrogen-bond acceptors (Lipinski definition) is 1. The number of amides is 1. The molecule has 0 saturated heterocycles. The number of anilines is 1. The van der Waals surface area contributed by atoms with Gasteiger partial charge in [0.2, 0.25) is 5.91 Å². The fourth-order valence-electron chi connectivity index (χ4n) is 1.83. The molecule has 0 bridgehead atoms. The molecule has 0 radical (unpaired) electrons. The van der Waals surface area contributed by atoms with Crippen LogP contribution in [-0.2, 0) is 11.2 Å². The fourth-order valence-corrected chi connectivity index (χ4v) is 2.08. The van der Waals surface area contributed by atoms with Crippen molar-refractivity contribution >= 4 is 23.2 Å². The first-order valence-corrected chi connectivity index (χ1v) is 6.23. The Balaban J connectivity index is 2.12. The Morgan fingerprint density at radius 3 is 2.58 bits per heavy atom. The summed E-state index contributed by atoms with van der Waals surface area (Å²) in [5.74, 6) is -0.776. The number of nitrogens with one attached hydrogen (secondary N) is 1. The van der Waals surface area contributed by atoms with E-state index in [1.54, 1.807) is 13.0 Å². The Kier molecular flexibility index (Phi) is 4.17. The summed E-state index contributed by atoms with van der Waals surface area (Å²) < 4.78 is 13.7. The van der Waals surface area contributed by atoms with E-state index in [-0.39, 0.29) is 18.0 Å². The smallest absolute Gasteiger partial charge is 0.228 e. The molecule has 2 rings (SSSR count). The summed E-state index contributed by atoms with van der Waals surface area (Å²) in [4.78, 5) is 11.9. The average molecular weight is 278 g/mol. The zero-order chi connectivity index (χ0) is 13.8. The van der Waals surface area contributed by atoms with Gasteiger partial charge in [0.1, 0.15) is 5.82 Å². The van der Waals surface area contributed by atoms with Crippen molar-refractivity contribution < 1.29 is 9.18 Å². The van der Waals surface area contributed by atoms with Gasteiger partial charge in [0, 0.05) is 5.02 Å². The van der Waals surface area contributed by atoms with E-state index >= 15 is 0 Å². The van der Waals surface area contributed by atoms with Crippen LogP contribution in [0.25, 0.3) is 0 Å². The first-order valence-electron chi connectivity index (χ1n) is 5.85. The molecular formula is C15H13ClFNO. The van der Waals surface area contributed by atoms with E-state index in [2.05, 4.69) is 5.32 Å². The molecule has 2 aromatic carbocycles. The van der Waals surface area contributed by atoms with Crippen molar-refractivity contribution in [3.63, 3.8) is 0 Å². The van der Waals surface area contributed by atoms with E-state index < -0.39 is 5.82 Å². The van der Waals surface area contributed by atoms with E-state index in [1.165, 1.54) is 6.07 Å². The molecule has 0 aliphatic rings. The molecule has 0 spiro atoms. The Bertz CT molecular complexity index is 575. The van der Waals surface area contributed by atoms with Crippen molar-refractivity contribution in [3.8, 4) is 0 Å². The molecule has 0 unspecified atom stereocenters. The van der Waals surface area contributed by atoms with Gasteiger partial charge in [-0.05, 0) is 30.2 Å². The van der Waals surface area contributed by atoms with Gasteiger partial charge < -0.3 is 5.32 Å². The molecule has 2 aromatic rings. The Morgan fingerprint density at radius 1 is 1.26 bits per heavy atom. The number of benzene rings is 2. The van der Waals surface area contributed by atoms with Gasteiger partial charge in [-0.25, -0.2) is 4.39 Å². The summed E-state index contributed by atoms with van der Waals surface area (Å²) in [5.41, 5.74) is 1.67. The van der Waals surface area contributed by atoms with Gasteiger partial charge in [-0.2, -0.15) is 0 Å². The molecule has 0 aliphatic heterocycles. The molecule has 19 heavy (non-hydrogen) atoms. The lowest BCUT2D eigenvalue weighted by Crippen LogP contribution is -2.16. The van der Waals surface area contributed by atoms with Gasteiger partial charge in [-0.15, -0.1) is 0 Å². The van der Waals surface area contributed by atoms with E-state index in [0.717, 1.165) is 5.56 Å². The number of halogens is 2. The molecule has 1 N–H and O–H groups in total. The van der Waals surface area contributed by atoms with Gasteiger partial charge in [0.05, 0.1) is 12.1 Å². The predicted octanol–water partition coefficient (Wildman–Crippen LogP) is 3.97. The maximum Gasteiger partial charge on any atom is 0.228 e. The molecule has 98 valence electrons. The first-order chi connectivity index (χ1) is 9.06. The molecule has 0 aromatic heterocycles. The molecule has 0 atom stereocenters. The molecule has 4 heteroatoms. The molecule has 2 nitrogen and oxygen atoms in total. The third-order valence-corrected chi connectivity index (χ3v) is 2.94. The summed E-state index contributed by atoms with van der Waals surface area (Å²) >= 11 is 5.74. The van der Waals surface area contributed by atoms with Gasteiger partial charge in [0.25, 0.3) is 0 Å². The third kappa shape index (κ3) is 3.55. The van der Waals surface area contributed by atoms with Crippen LogP contribution in [0.2, 0.25) is 5.02 Å². The maximum absolute atomic E-state index is 13.7. The monoisotopic (exact) mass is 277 g/mol. The Labute approximate surface area is 116 Å². The maximum atomic E-state index is 13.7. The molecule has 1 amide bonds. The Hall–Kier alpha value is -1.87. The summed E-state index contributed by atoms with van der Waals surface area (Å²) in [7, 11) is 0. The van der Waals surface area contributed by atoms with Crippen molar-refractivity contribution in [1.29, 1.82) is 0 Å². The molecule has 0 aliphatic carbocycles. The van der Waals surface area contributed by atoms with Gasteiger partial charge in [-0.3, -0.25) is 4.79 Å². The second-order valence-corrected chi connectivity index (χ2v) is 4.73. The van der Waals surface area contributed by atoms with Crippen molar-refractivity contribution in [2.75, 3.05) is 5.32 Å². The lowest BCUT2D eigenvalue weighted by molar-refractivity contribution is -0.115. The number of hydrogen-bond donors (Lipinski definition) is 1. The second-order valence-electron chi connectivity index (χ2n) is 4.29. The lowest BCUT2D eigenvalue weighted by atomic mass is 10.1. The minimum atomic E-state index is -0.522. The van der Waals surface area contributed by atoms with E-state index in [0.29, 0.717) is 10.6 Å². The normalized spacial score (nSPS) is 10.3. The standard InChI is InChI=1S/C15H13ClFNO/c1-10-7-12(16)9-13(17)15(10)18-14(19)8-11-5-3-2-4-6-11/h2-7,9H,8H2,1H3,(H,18,19). The minimum Gasteiger partial charge on any atom is -0.323 e. The summed E-state index contributed by atoms with van der Waals surface area (Å²) in [6.07, 6.45) is 0.211. The molecule has 0 saturated carbocycles. The zero-order valence-corrected chi connectivity index (χ0v) is 11.2. The van der Waals surface area contributed by atoms with Gasteiger partial charge in [0.15, 0.2) is 0 Å². The van der Waals surface area contributed by atoms with E-state index in [9.17, 15) is 9.18 Å². The quantitative estimate of drug-likeness (QED) is 0.904. The lowest BCUT2D eigenvalue weighted by Gasteiger charge is -2.10. The topological polar surface area (TPSA) is 29.1 Å². The molecular weight excluding hydrogens is 265 g/mol. The van der Waals surface area contributed by atoms with E-state index in [1.807, 2.05) is 30.3 Å². The van der Waals surface area contributed by atoms with Crippen LogP contribution in [0.4, 0.5) is 10.1 Å². The van der Waals surface area contributed by atoms with Crippen molar-refractivity contribution in [3.05, 3.63) is 64.4 Å². The SMILES string of the molecule is Cc1cc(Cl)cc(F)c1NC(=O)Cc1ccccc1. The highest BCUT2D eigenvalue weighted by Crippen LogP contribution is 2.24. The first kappa shape index (κ1) is 13.6. The van der Waals surface area contributed by atoms with E-state index in [4.69, 9.17) is 11.6 Å². The van der Waals surface area contributed by atoms with Crippen LogP contribution in [0.3, 0.4) is 0 Å². The predicted molar refractivity (Wildman–Crippen MR) is 74.9 cm³/mol. The van der Waals surface area contributed by atoms with Crippen LogP contribution in [0, 0.1) is 12.7 Å². The summed E-state index contributed by atoms with van der Waals surface area (Å²) in [6.45, 7) is 1.70. The van der Waals surface area contributed by atoms with Crippen molar-refractivity contribution in [1.82, 2.24) is 0 Å². The largest absolute Gasteiger partial charge is 0.323 e. The van der Waals surface area contributed by atoms with Gasteiger partial charge >= 0.3 is 0 Å². The highest BCUT2D eigenvalue weighted by Gasteiger charge is 2.11. The zero-order valence-electron chi connectivity index (χ0n) is 10.4. The van der Waals surface area contributed by atoms with Crippen LogP contribution in [0.15, 0.2) is 42.5 Å². The average Bonchev–Trinajstić information content (AvgIpc) is 2.35. The van der Waals surface area contributed by atoms with Crippen molar-refractivity contribution in [2.45, 2.75) is 13.3 Å². The molecule has 0 heterocycles. The van der Waals surface area contributed by atoms with Crippen LogP contribution < -0.4 is 5.32 Å². The highest BCUT2D eigenvalue weighted by molar-refractivity contribution is 6.30. The highest BCUT2D eigenvalue weighted by atomic mass is 35.5. The number of aryl methyl sites for hydroxylation is 1. The number of carbonyl (C=O) groups excluding carboxylic acids is 1. The summed E-state index contributed by atoms with van der Waals surface area (Å²) in [5, 5.41) is 2.90. The van der Waals surface area contributed by atoms with Crippen LogP contribution in [0.1, 0.15) is 11.1 Å². The van der Waals surface area contributed by atoms with Crippen LogP contribution >= 0.6 is 11.6 Å².